The summed E-state index contributed by atoms with van der Waals surface area (Å²) in [5.74, 6) is 3.09. The zero-order valence-corrected chi connectivity index (χ0v) is 15.9. The quantitative estimate of drug-likeness (QED) is 0.428. The van der Waals surface area contributed by atoms with Gasteiger partial charge < -0.3 is 9.47 Å². The fraction of sp³-hybridized carbons (Fsp3) is 0.381. The molecule has 0 aliphatic carbocycles. The smallest absolute Gasteiger partial charge is 0.423 e. The summed E-state index contributed by atoms with van der Waals surface area (Å²) in [5.41, 5.74) is 1.37. The molecular formula is C21H25O3S+. The molecule has 0 radical (unpaired) electrons. The molecule has 0 unspecified atom stereocenters. The maximum atomic E-state index is 12.2. The Morgan fingerprint density at radius 2 is 1.56 bits per heavy atom. The lowest BCUT2D eigenvalue weighted by Gasteiger charge is -2.25. The molecule has 3 nitrogen and oxygen atoms in total. The van der Waals surface area contributed by atoms with Gasteiger partial charge in [0, 0.05) is 10.9 Å². The first-order valence-electron chi connectivity index (χ1n) is 8.69. The highest BCUT2D eigenvalue weighted by Gasteiger charge is 2.28. The maximum absolute atomic E-state index is 12.2. The molecule has 3 rings (SSSR count). The summed E-state index contributed by atoms with van der Waals surface area (Å²) in [6.07, 6.45) is 1.96. The van der Waals surface area contributed by atoms with E-state index in [1.54, 1.807) is 0 Å². The Hall–Kier alpha value is -1.94. The van der Waals surface area contributed by atoms with E-state index in [9.17, 15) is 4.79 Å². The van der Waals surface area contributed by atoms with Gasteiger partial charge in [0.15, 0.2) is 4.90 Å². The SMILES string of the molecule is Cc1ccc(C(C)(C)OC(=O)Oc2ccc([S+]3CCCC3)cc2)cc1. The molecule has 0 amide bonds. The third-order valence-corrected chi connectivity index (χ3v) is 6.98. The van der Waals surface area contributed by atoms with Crippen molar-refractivity contribution in [3.63, 3.8) is 0 Å². The second kappa shape index (κ2) is 7.52. The van der Waals surface area contributed by atoms with E-state index in [4.69, 9.17) is 9.47 Å². The van der Waals surface area contributed by atoms with Gasteiger partial charge in [0.2, 0.25) is 0 Å². The van der Waals surface area contributed by atoms with Gasteiger partial charge in [-0.15, -0.1) is 0 Å². The van der Waals surface area contributed by atoms with E-state index in [0.29, 0.717) is 16.6 Å². The van der Waals surface area contributed by atoms with Crippen molar-refractivity contribution >= 4 is 17.1 Å². The van der Waals surface area contributed by atoms with Gasteiger partial charge in [0.05, 0.1) is 0 Å². The third-order valence-electron chi connectivity index (χ3n) is 4.47. The molecule has 132 valence electrons. The Labute approximate surface area is 152 Å². The van der Waals surface area contributed by atoms with Gasteiger partial charge >= 0.3 is 6.16 Å². The fourth-order valence-electron chi connectivity index (χ4n) is 2.93. The molecule has 2 aromatic rings. The average Bonchev–Trinajstić information content (AvgIpc) is 3.10. The van der Waals surface area contributed by atoms with Crippen LogP contribution in [0.15, 0.2) is 53.4 Å². The van der Waals surface area contributed by atoms with E-state index in [1.807, 2.05) is 57.2 Å². The van der Waals surface area contributed by atoms with Crippen LogP contribution in [0, 0.1) is 6.92 Å². The fourth-order valence-corrected chi connectivity index (χ4v) is 5.23. The van der Waals surface area contributed by atoms with Crippen LogP contribution in [0.2, 0.25) is 0 Å². The molecule has 0 spiro atoms. The Bertz CT molecular complexity index is 714. The van der Waals surface area contributed by atoms with Crippen LogP contribution >= 0.6 is 0 Å². The maximum Gasteiger partial charge on any atom is 0.514 e. The molecule has 25 heavy (non-hydrogen) atoms. The van der Waals surface area contributed by atoms with Crippen LogP contribution in [-0.4, -0.2) is 17.7 Å². The summed E-state index contributed by atoms with van der Waals surface area (Å²) < 4.78 is 10.9. The summed E-state index contributed by atoms with van der Waals surface area (Å²) >= 11 is 0. The molecule has 1 heterocycles. The zero-order chi connectivity index (χ0) is 17.9. The van der Waals surface area contributed by atoms with Crippen LogP contribution in [0.3, 0.4) is 0 Å². The van der Waals surface area contributed by atoms with E-state index >= 15 is 0 Å². The van der Waals surface area contributed by atoms with Gasteiger partial charge in [0.25, 0.3) is 0 Å². The van der Waals surface area contributed by atoms with Crippen molar-refractivity contribution < 1.29 is 14.3 Å². The predicted octanol–water partition coefficient (Wildman–Crippen LogP) is 5.22. The third kappa shape index (κ3) is 4.57. The van der Waals surface area contributed by atoms with Crippen molar-refractivity contribution in [2.24, 2.45) is 0 Å². The van der Waals surface area contributed by atoms with Crippen molar-refractivity contribution in [3.05, 3.63) is 59.7 Å². The number of benzene rings is 2. The zero-order valence-electron chi connectivity index (χ0n) is 15.1. The Kier molecular flexibility index (Phi) is 5.38. The first-order valence-corrected chi connectivity index (χ1v) is 10.3. The molecule has 0 N–H and O–H groups in total. The molecule has 0 saturated carbocycles. The molecular weight excluding hydrogens is 332 g/mol. The molecule has 0 aromatic heterocycles. The van der Waals surface area contributed by atoms with Crippen molar-refractivity contribution in [2.75, 3.05) is 11.5 Å². The highest BCUT2D eigenvalue weighted by Crippen LogP contribution is 2.27. The average molecular weight is 357 g/mol. The van der Waals surface area contributed by atoms with Crippen LogP contribution in [0.25, 0.3) is 0 Å². The first-order chi connectivity index (χ1) is 11.9. The minimum absolute atomic E-state index is 0.374. The summed E-state index contributed by atoms with van der Waals surface area (Å²) in [6, 6.07) is 15.8. The van der Waals surface area contributed by atoms with Crippen molar-refractivity contribution in [3.8, 4) is 5.75 Å². The van der Waals surface area contributed by atoms with Crippen LogP contribution in [0.5, 0.6) is 5.75 Å². The molecule has 4 heteroatoms. The number of hydrogen-bond donors (Lipinski definition) is 0. The Morgan fingerprint density at radius 1 is 0.960 bits per heavy atom. The van der Waals surface area contributed by atoms with E-state index < -0.39 is 11.8 Å². The monoisotopic (exact) mass is 357 g/mol. The number of hydrogen-bond acceptors (Lipinski definition) is 3. The lowest BCUT2D eigenvalue weighted by Crippen LogP contribution is -2.27. The Balaban J connectivity index is 1.60. The highest BCUT2D eigenvalue weighted by molar-refractivity contribution is 7.97. The summed E-state index contributed by atoms with van der Waals surface area (Å²) in [4.78, 5) is 13.5. The van der Waals surface area contributed by atoms with E-state index in [1.165, 1.54) is 34.8 Å². The number of carbonyl (C=O) groups is 1. The normalized spacial score (nSPS) is 15.2. The molecule has 0 bridgehead atoms. The van der Waals surface area contributed by atoms with Gasteiger partial charge in [-0.05, 0) is 63.4 Å². The molecule has 1 aliphatic heterocycles. The van der Waals surface area contributed by atoms with Crippen molar-refractivity contribution in [1.82, 2.24) is 0 Å². The van der Waals surface area contributed by atoms with Gasteiger partial charge in [-0.3, -0.25) is 0 Å². The summed E-state index contributed by atoms with van der Waals surface area (Å²) in [6.45, 7) is 5.76. The minimum Gasteiger partial charge on any atom is -0.423 e. The molecule has 1 saturated heterocycles. The van der Waals surface area contributed by atoms with Crippen LogP contribution in [-0.2, 0) is 21.2 Å². The van der Waals surface area contributed by atoms with Crippen LogP contribution in [0.4, 0.5) is 4.79 Å². The highest BCUT2D eigenvalue weighted by atomic mass is 32.2. The standard InChI is InChI=1S/C21H25O3S/c1-16-6-8-17(9-7-16)21(2,3)24-20(22)23-18-10-12-19(13-11-18)25-14-4-5-15-25/h6-13H,4-5,14-15H2,1-3H3/q+1. The number of rotatable bonds is 4. The molecule has 2 aromatic carbocycles. The first kappa shape index (κ1) is 17.9. The number of carbonyl (C=O) groups excluding carboxylic acids is 1. The lowest BCUT2D eigenvalue weighted by molar-refractivity contribution is 0.00636. The van der Waals surface area contributed by atoms with Gasteiger partial charge in [-0.2, -0.15) is 0 Å². The van der Waals surface area contributed by atoms with Crippen molar-refractivity contribution in [1.29, 1.82) is 0 Å². The van der Waals surface area contributed by atoms with Crippen LogP contribution < -0.4 is 4.74 Å². The van der Waals surface area contributed by atoms with Gasteiger partial charge in [0.1, 0.15) is 22.9 Å². The minimum atomic E-state index is -0.740. The van der Waals surface area contributed by atoms with E-state index in [2.05, 4.69) is 12.1 Å². The predicted molar refractivity (Wildman–Crippen MR) is 102 cm³/mol. The summed E-state index contributed by atoms with van der Waals surface area (Å²) in [5, 5.41) is 0. The van der Waals surface area contributed by atoms with E-state index in [0.717, 1.165) is 5.56 Å². The number of aryl methyl sites for hydroxylation is 1. The van der Waals surface area contributed by atoms with Gasteiger partial charge in [-0.1, -0.05) is 29.8 Å². The molecule has 1 fully saturated rings. The van der Waals surface area contributed by atoms with Crippen molar-refractivity contribution in [2.45, 2.75) is 44.1 Å². The number of ether oxygens (including phenoxy) is 2. The Morgan fingerprint density at radius 3 is 2.16 bits per heavy atom. The van der Waals surface area contributed by atoms with Gasteiger partial charge in [-0.25, -0.2) is 4.79 Å². The largest absolute Gasteiger partial charge is 0.514 e. The molecule has 1 aliphatic rings. The molecule has 0 atom stereocenters. The van der Waals surface area contributed by atoms with Crippen LogP contribution in [0.1, 0.15) is 37.8 Å². The second-order valence-electron chi connectivity index (χ2n) is 6.91. The lowest BCUT2D eigenvalue weighted by atomic mass is 9.97. The summed E-state index contributed by atoms with van der Waals surface area (Å²) in [7, 11) is 0.374. The topological polar surface area (TPSA) is 35.5 Å². The van der Waals surface area contributed by atoms with E-state index in [-0.39, 0.29) is 0 Å². The second-order valence-corrected chi connectivity index (χ2v) is 9.18.